The van der Waals surface area contributed by atoms with Crippen molar-refractivity contribution >= 4 is 45.2 Å². The second-order valence-corrected chi connectivity index (χ2v) is 16.7. The molecule has 4 heterocycles. The largest absolute Gasteiger partial charge is 0.479 e. The van der Waals surface area contributed by atoms with E-state index in [1.165, 1.54) is 20.5 Å². The minimum atomic E-state index is -3.65. The molecule has 4 aliphatic rings. The van der Waals surface area contributed by atoms with E-state index in [4.69, 9.17) is 0 Å². The number of fused-ring (bicyclic) bond motifs is 3. The summed E-state index contributed by atoms with van der Waals surface area (Å²) in [5.41, 5.74) is -1.75. The fraction of sp³-hybridized carbons (Fsp3) is 0.733. The van der Waals surface area contributed by atoms with Gasteiger partial charge < -0.3 is 26.0 Å². The Labute approximate surface area is 263 Å². The van der Waals surface area contributed by atoms with E-state index in [2.05, 4.69) is 16.0 Å². The first kappa shape index (κ1) is 32.7. The average Bonchev–Trinajstić information content (AvgIpc) is 3.29. The molecule has 3 fully saturated rings. The molecular weight excluding hydrogens is 606 g/mol. The van der Waals surface area contributed by atoms with E-state index < -0.39 is 57.0 Å². The lowest BCUT2D eigenvalue weighted by Crippen LogP contribution is -2.59. The second kappa shape index (κ2) is 12.6. The molecule has 5 atom stereocenters. The van der Waals surface area contributed by atoms with Crippen LogP contribution in [0.2, 0.25) is 0 Å². The van der Waals surface area contributed by atoms with E-state index in [-0.39, 0.29) is 24.9 Å². The molecule has 0 spiro atoms. The first-order chi connectivity index (χ1) is 20.7. The van der Waals surface area contributed by atoms with Crippen molar-refractivity contribution in [2.75, 3.05) is 13.1 Å². The Morgan fingerprint density at radius 3 is 2.50 bits per heavy atom. The van der Waals surface area contributed by atoms with Crippen molar-refractivity contribution in [3.05, 3.63) is 16.3 Å². The van der Waals surface area contributed by atoms with Crippen LogP contribution in [0.3, 0.4) is 0 Å². The van der Waals surface area contributed by atoms with Crippen LogP contribution in [0, 0.1) is 11.3 Å². The van der Waals surface area contributed by atoms with Crippen molar-refractivity contribution in [3.8, 4) is 0 Å². The third-order valence-electron chi connectivity index (χ3n) is 9.70. The Bertz CT molecular complexity index is 1390. The summed E-state index contributed by atoms with van der Waals surface area (Å²) < 4.78 is 27.6. The van der Waals surface area contributed by atoms with Crippen LogP contribution >= 0.6 is 11.3 Å². The maximum absolute atomic E-state index is 13.9. The molecule has 244 valence electrons. The van der Waals surface area contributed by atoms with Crippen molar-refractivity contribution in [1.82, 2.24) is 25.2 Å². The number of carbonyl (C=O) groups is 4. The summed E-state index contributed by atoms with van der Waals surface area (Å²) in [6.07, 6.45) is 6.90. The monoisotopic (exact) mass is 651 g/mol. The SMILES string of the molecule is CC(C)(C)C(CN1Cc2sccc2S1(=O)=O)NC(=O)N[C@H]1CCCCCCCC2C[C@@]2(C(=O)O)NC(=O)[C@@H]2CCCN2C1=O. The number of aliphatic carboxylic acids is 1. The van der Waals surface area contributed by atoms with Gasteiger partial charge >= 0.3 is 12.0 Å². The molecule has 44 heavy (non-hydrogen) atoms. The number of carboxylic acids is 1. The lowest BCUT2D eigenvalue weighted by molar-refractivity contribution is -0.145. The van der Waals surface area contributed by atoms with Gasteiger partial charge in [-0.1, -0.05) is 52.9 Å². The summed E-state index contributed by atoms with van der Waals surface area (Å²) in [7, 11) is -3.65. The molecular formula is C30H45N5O7S2. The molecule has 4 N–H and O–H groups in total. The normalized spacial score (nSPS) is 30.2. The number of amides is 4. The van der Waals surface area contributed by atoms with Gasteiger partial charge in [0.25, 0.3) is 0 Å². The minimum Gasteiger partial charge on any atom is -0.479 e. The molecule has 3 aliphatic heterocycles. The van der Waals surface area contributed by atoms with Crippen LogP contribution in [-0.2, 0) is 31.0 Å². The van der Waals surface area contributed by atoms with Crippen molar-refractivity contribution in [2.45, 2.75) is 120 Å². The average molecular weight is 652 g/mol. The molecule has 12 nitrogen and oxygen atoms in total. The van der Waals surface area contributed by atoms with Gasteiger partial charge in [-0.25, -0.2) is 18.0 Å². The summed E-state index contributed by atoms with van der Waals surface area (Å²) in [6.45, 7) is 6.46. The molecule has 0 radical (unpaired) electrons. The highest BCUT2D eigenvalue weighted by Gasteiger charge is 2.61. The maximum atomic E-state index is 13.9. The van der Waals surface area contributed by atoms with Crippen molar-refractivity contribution in [3.63, 3.8) is 0 Å². The van der Waals surface area contributed by atoms with E-state index >= 15 is 0 Å². The van der Waals surface area contributed by atoms with Gasteiger partial charge in [0.1, 0.15) is 17.6 Å². The summed E-state index contributed by atoms with van der Waals surface area (Å²) in [6, 6.07) is -1.18. The van der Waals surface area contributed by atoms with Gasteiger partial charge in [-0.05, 0) is 54.9 Å². The second-order valence-electron chi connectivity index (χ2n) is 13.8. The van der Waals surface area contributed by atoms with Gasteiger partial charge in [0.15, 0.2) is 0 Å². The van der Waals surface area contributed by atoms with Gasteiger partial charge in [0.2, 0.25) is 21.8 Å². The van der Waals surface area contributed by atoms with Crippen LogP contribution < -0.4 is 16.0 Å². The Morgan fingerprint density at radius 1 is 1.11 bits per heavy atom. The van der Waals surface area contributed by atoms with Crippen molar-refractivity contribution in [2.24, 2.45) is 11.3 Å². The van der Waals surface area contributed by atoms with Crippen LogP contribution in [0.4, 0.5) is 4.79 Å². The van der Waals surface area contributed by atoms with Crippen molar-refractivity contribution in [1.29, 1.82) is 0 Å². The maximum Gasteiger partial charge on any atom is 0.329 e. The minimum absolute atomic E-state index is 0.0833. The van der Waals surface area contributed by atoms with Crippen LogP contribution in [0.25, 0.3) is 0 Å². The summed E-state index contributed by atoms with van der Waals surface area (Å²) in [5.74, 6) is -1.94. The number of carboxylic acid groups (broad SMARTS) is 1. The summed E-state index contributed by atoms with van der Waals surface area (Å²) in [4.78, 5) is 55.5. The molecule has 4 amide bonds. The van der Waals surface area contributed by atoms with Gasteiger partial charge in [-0.3, -0.25) is 9.59 Å². The summed E-state index contributed by atoms with van der Waals surface area (Å²) >= 11 is 1.39. The van der Waals surface area contributed by atoms with Crippen LogP contribution in [-0.4, -0.2) is 83.3 Å². The van der Waals surface area contributed by atoms with E-state index in [1.807, 2.05) is 20.8 Å². The standard InChI is InChI=1S/C30H45N5O7S2/c1-29(2,3)24(18-34-17-22-23(13-15-43-22)44(34,41)42)32-28(40)31-20-11-8-6-4-5-7-10-19-16-30(19,27(38)39)33-25(36)21-12-9-14-35(21)26(20)37/h13,15,19-21,24H,4-12,14,16-18H2,1-3H3,(H,33,36)(H,38,39)(H2,31,32,40)/t19?,20-,21-,24?,30+/m0/s1. The molecule has 1 saturated carbocycles. The smallest absolute Gasteiger partial charge is 0.329 e. The lowest BCUT2D eigenvalue weighted by Gasteiger charge is -2.35. The molecule has 14 heteroatoms. The fourth-order valence-electron chi connectivity index (χ4n) is 6.80. The molecule has 1 aromatic heterocycles. The Hall–Kier alpha value is -2.71. The van der Waals surface area contributed by atoms with Crippen LogP contribution in [0.15, 0.2) is 16.3 Å². The van der Waals surface area contributed by atoms with Crippen molar-refractivity contribution < 1.29 is 32.7 Å². The van der Waals surface area contributed by atoms with Gasteiger partial charge in [0, 0.05) is 30.6 Å². The van der Waals surface area contributed by atoms with Gasteiger partial charge in [-0.15, -0.1) is 11.3 Å². The zero-order valence-electron chi connectivity index (χ0n) is 25.8. The molecule has 1 aromatic rings. The highest BCUT2D eigenvalue weighted by Crippen LogP contribution is 2.47. The van der Waals surface area contributed by atoms with Gasteiger partial charge in [-0.2, -0.15) is 4.31 Å². The zero-order valence-corrected chi connectivity index (χ0v) is 27.4. The highest BCUT2D eigenvalue weighted by molar-refractivity contribution is 7.89. The number of hydrogen-bond acceptors (Lipinski definition) is 7. The predicted molar refractivity (Wildman–Crippen MR) is 164 cm³/mol. The Balaban J connectivity index is 1.29. The fourth-order valence-corrected chi connectivity index (χ4v) is 9.72. The molecule has 0 bridgehead atoms. The number of nitrogens with one attached hydrogen (secondary N) is 3. The molecule has 2 saturated heterocycles. The van der Waals surface area contributed by atoms with Crippen LogP contribution in [0.5, 0.6) is 0 Å². The lowest BCUT2D eigenvalue weighted by atomic mass is 9.86. The predicted octanol–water partition coefficient (Wildman–Crippen LogP) is 3.03. The third kappa shape index (κ3) is 6.62. The molecule has 2 unspecified atom stereocenters. The first-order valence-electron chi connectivity index (χ1n) is 15.7. The topological polar surface area (TPSA) is 165 Å². The summed E-state index contributed by atoms with van der Waals surface area (Å²) in [5, 5.41) is 20.3. The molecule has 0 aromatic carbocycles. The number of rotatable bonds is 5. The van der Waals surface area contributed by atoms with E-state index in [1.54, 1.807) is 11.4 Å². The number of urea groups is 1. The Morgan fingerprint density at radius 2 is 1.82 bits per heavy atom. The molecule has 5 rings (SSSR count). The third-order valence-corrected chi connectivity index (χ3v) is 12.6. The molecule has 1 aliphatic carbocycles. The Kier molecular flexibility index (Phi) is 9.35. The van der Waals surface area contributed by atoms with E-state index in [9.17, 15) is 32.7 Å². The number of hydrogen-bond donors (Lipinski definition) is 4. The first-order valence-corrected chi connectivity index (χ1v) is 18.1. The van der Waals surface area contributed by atoms with Gasteiger partial charge in [0.05, 0.1) is 4.90 Å². The number of carbonyl (C=O) groups excluding carboxylic acids is 3. The number of nitrogens with zero attached hydrogens (tertiary/aromatic N) is 2. The quantitative estimate of drug-likeness (QED) is 0.380. The zero-order chi connectivity index (χ0) is 31.9. The van der Waals surface area contributed by atoms with E-state index in [0.29, 0.717) is 43.5 Å². The number of sulfonamides is 1. The highest BCUT2D eigenvalue weighted by atomic mass is 32.2. The van der Waals surface area contributed by atoms with E-state index in [0.717, 1.165) is 37.0 Å². The number of thiophene rings is 1. The van der Waals surface area contributed by atoms with Crippen LogP contribution in [0.1, 0.15) is 89.9 Å².